The van der Waals surface area contributed by atoms with Gasteiger partial charge in [-0.2, -0.15) is 0 Å². The van der Waals surface area contributed by atoms with Crippen molar-refractivity contribution in [3.63, 3.8) is 0 Å². The normalized spacial score (nSPS) is 17.5. The summed E-state index contributed by atoms with van der Waals surface area (Å²) >= 11 is 1.84. The van der Waals surface area contributed by atoms with E-state index in [0.717, 1.165) is 58.7 Å². The van der Waals surface area contributed by atoms with E-state index in [1.165, 1.54) is 9.88 Å². The quantitative estimate of drug-likeness (QED) is 0.821. The minimum absolute atomic E-state index is 0.765. The van der Waals surface area contributed by atoms with Gasteiger partial charge in [0.2, 0.25) is 0 Å². The van der Waals surface area contributed by atoms with Crippen molar-refractivity contribution in [2.75, 3.05) is 39.4 Å². The van der Waals surface area contributed by atoms with E-state index in [1.54, 1.807) is 0 Å². The van der Waals surface area contributed by atoms with Crippen LogP contribution < -0.4 is 5.73 Å². The number of nitrogens with zero attached hydrogens (tertiary/aromatic N) is 2. The van der Waals surface area contributed by atoms with Gasteiger partial charge in [0.15, 0.2) is 0 Å². The Bertz CT molecular complexity index is 323. The van der Waals surface area contributed by atoms with Gasteiger partial charge < -0.3 is 10.5 Å². The first-order valence-electron chi connectivity index (χ1n) is 6.32. The number of aryl methyl sites for hydroxylation is 1. The molecule has 0 saturated carbocycles. The zero-order valence-corrected chi connectivity index (χ0v) is 11.0. The molecule has 0 radical (unpaired) electrons. The molecule has 0 aliphatic carbocycles. The Labute approximate surface area is 107 Å². The highest BCUT2D eigenvalue weighted by Gasteiger charge is 2.11. The third-order valence-corrected chi connectivity index (χ3v) is 4.09. The van der Waals surface area contributed by atoms with Crippen LogP contribution in [-0.4, -0.2) is 49.3 Å². The molecule has 1 aromatic heterocycles. The molecular weight excluding hydrogens is 234 g/mol. The number of ether oxygens (including phenoxy) is 1. The number of hydrogen-bond donors (Lipinski definition) is 1. The molecule has 2 rings (SSSR count). The van der Waals surface area contributed by atoms with Crippen molar-refractivity contribution in [3.8, 4) is 0 Å². The van der Waals surface area contributed by atoms with Crippen LogP contribution in [-0.2, 0) is 17.6 Å². The molecular formula is C12H21N3OS. The Kier molecular flexibility index (Phi) is 5.38. The fourth-order valence-corrected chi connectivity index (χ4v) is 2.89. The number of aromatic nitrogens is 1. The Morgan fingerprint density at radius 1 is 1.35 bits per heavy atom. The molecule has 1 saturated heterocycles. The van der Waals surface area contributed by atoms with Gasteiger partial charge in [0, 0.05) is 37.1 Å². The van der Waals surface area contributed by atoms with Gasteiger partial charge in [0.1, 0.15) is 0 Å². The summed E-state index contributed by atoms with van der Waals surface area (Å²) in [5.41, 5.74) is 5.51. The topological polar surface area (TPSA) is 51.4 Å². The van der Waals surface area contributed by atoms with Gasteiger partial charge in [0.25, 0.3) is 0 Å². The van der Waals surface area contributed by atoms with Gasteiger partial charge in [-0.15, -0.1) is 11.3 Å². The van der Waals surface area contributed by atoms with E-state index >= 15 is 0 Å². The van der Waals surface area contributed by atoms with Crippen LogP contribution in [0.4, 0.5) is 0 Å². The first kappa shape index (κ1) is 13.0. The predicted octanol–water partition coefficient (Wildman–Crippen LogP) is 0.909. The van der Waals surface area contributed by atoms with Crippen molar-refractivity contribution >= 4 is 11.3 Å². The summed E-state index contributed by atoms with van der Waals surface area (Å²) in [6.07, 6.45) is 5.21. The summed E-state index contributed by atoms with van der Waals surface area (Å²) < 4.78 is 5.33. The van der Waals surface area contributed by atoms with Crippen molar-refractivity contribution in [3.05, 3.63) is 16.1 Å². The Morgan fingerprint density at radius 2 is 2.18 bits per heavy atom. The lowest BCUT2D eigenvalue weighted by Crippen LogP contribution is -2.37. The largest absolute Gasteiger partial charge is 0.379 e. The van der Waals surface area contributed by atoms with E-state index in [9.17, 15) is 0 Å². The van der Waals surface area contributed by atoms with Gasteiger partial charge in [-0.25, -0.2) is 4.98 Å². The molecule has 96 valence electrons. The second kappa shape index (κ2) is 7.06. The van der Waals surface area contributed by atoms with Gasteiger partial charge >= 0.3 is 0 Å². The van der Waals surface area contributed by atoms with Gasteiger partial charge in [0.05, 0.1) is 18.2 Å². The van der Waals surface area contributed by atoms with Crippen molar-refractivity contribution in [2.24, 2.45) is 5.73 Å². The molecule has 0 atom stereocenters. The predicted molar refractivity (Wildman–Crippen MR) is 70.5 cm³/mol. The minimum Gasteiger partial charge on any atom is -0.379 e. The Hall–Kier alpha value is -0.490. The summed E-state index contributed by atoms with van der Waals surface area (Å²) in [6.45, 7) is 5.74. The van der Waals surface area contributed by atoms with Crippen molar-refractivity contribution in [1.29, 1.82) is 0 Å². The molecule has 0 spiro atoms. The number of hydrogen-bond acceptors (Lipinski definition) is 5. The smallest absolute Gasteiger partial charge is 0.0940 e. The summed E-state index contributed by atoms with van der Waals surface area (Å²) in [7, 11) is 0. The fraction of sp³-hybridized carbons (Fsp3) is 0.750. The van der Waals surface area contributed by atoms with Crippen LogP contribution in [0.1, 0.15) is 16.3 Å². The lowest BCUT2D eigenvalue weighted by molar-refractivity contribution is 0.0384. The Morgan fingerprint density at radius 3 is 2.94 bits per heavy atom. The maximum atomic E-state index is 5.51. The Balaban J connectivity index is 1.72. The maximum absolute atomic E-state index is 5.51. The molecule has 0 aromatic carbocycles. The second-order valence-corrected chi connectivity index (χ2v) is 5.52. The molecule has 4 nitrogen and oxygen atoms in total. The maximum Gasteiger partial charge on any atom is 0.0940 e. The molecule has 1 aliphatic heterocycles. The van der Waals surface area contributed by atoms with Crippen molar-refractivity contribution < 1.29 is 4.74 Å². The van der Waals surface area contributed by atoms with E-state index in [2.05, 4.69) is 9.88 Å². The standard InChI is InChI=1S/C12H21N3OS/c13-4-1-2-11-10-14-12(17-11)3-5-15-6-8-16-9-7-15/h10H,1-9,13H2. The zero-order valence-electron chi connectivity index (χ0n) is 10.2. The first-order valence-corrected chi connectivity index (χ1v) is 7.14. The molecule has 1 aliphatic rings. The third-order valence-electron chi connectivity index (χ3n) is 2.97. The monoisotopic (exact) mass is 255 g/mol. The van der Waals surface area contributed by atoms with Crippen LogP contribution in [0.25, 0.3) is 0 Å². The van der Waals surface area contributed by atoms with Gasteiger partial charge in [-0.05, 0) is 19.4 Å². The molecule has 0 unspecified atom stereocenters. The summed E-state index contributed by atoms with van der Waals surface area (Å²) in [5.74, 6) is 0. The average Bonchev–Trinajstić information content (AvgIpc) is 2.83. The average molecular weight is 255 g/mol. The van der Waals surface area contributed by atoms with E-state index in [0.29, 0.717) is 0 Å². The summed E-state index contributed by atoms with van der Waals surface area (Å²) in [6, 6.07) is 0. The molecule has 2 heterocycles. The van der Waals surface area contributed by atoms with Crippen LogP contribution in [0.3, 0.4) is 0 Å². The van der Waals surface area contributed by atoms with E-state index in [4.69, 9.17) is 10.5 Å². The number of nitrogens with two attached hydrogens (primary N) is 1. The van der Waals surface area contributed by atoms with Crippen molar-refractivity contribution in [1.82, 2.24) is 9.88 Å². The van der Waals surface area contributed by atoms with Gasteiger partial charge in [-0.1, -0.05) is 0 Å². The minimum atomic E-state index is 0.765. The highest BCUT2D eigenvalue weighted by atomic mass is 32.1. The molecule has 2 N–H and O–H groups in total. The fourth-order valence-electron chi connectivity index (χ4n) is 1.93. The summed E-state index contributed by atoms with van der Waals surface area (Å²) in [5, 5.41) is 1.25. The van der Waals surface area contributed by atoms with Crippen LogP contribution in [0.2, 0.25) is 0 Å². The van der Waals surface area contributed by atoms with E-state index in [1.807, 2.05) is 17.5 Å². The van der Waals surface area contributed by atoms with Crippen LogP contribution in [0.15, 0.2) is 6.20 Å². The highest BCUT2D eigenvalue weighted by Crippen LogP contribution is 2.15. The van der Waals surface area contributed by atoms with Gasteiger partial charge in [-0.3, -0.25) is 4.90 Å². The molecule has 1 fully saturated rings. The van der Waals surface area contributed by atoms with Crippen LogP contribution in [0.5, 0.6) is 0 Å². The lowest BCUT2D eigenvalue weighted by atomic mass is 10.3. The molecule has 5 heteroatoms. The van der Waals surface area contributed by atoms with Crippen LogP contribution >= 0.6 is 11.3 Å². The highest BCUT2D eigenvalue weighted by molar-refractivity contribution is 7.11. The number of morpholine rings is 1. The van der Waals surface area contributed by atoms with Crippen molar-refractivity contribution in [2.45, 2.75) is 19.3 Å². The second-order valence-electron chi connectivity index (χ2n) is 4.32. The summed E-state index contributed by atoms with van der Waals surface area (Å²) in [4.78, 5) is 8.29. The SMILES string of the molecule is NCCCc1cnc(CCN2CCOCC2)s1. The molecule has 1 aromatic rings. The lowest BCUT2D eigenvalue weighted by Gasteiger charge is -2.25. The molecule has 17 heavy (non-hydrogen) atoms. The first-order chi connectivity index (χ1) is 8.38. The number of rotatable bonds is 6. The van der Waals surface area contributed by atoms with Crippen LogP contribution in [0, 0.1) is 0 Å². The third kappa shape index (κ3) is 4.35. The van der Waals surface area contributed by atoms with E-state index in [-0.39, 0.29) is 0 Å². The molecule has 0 amide bonds. The zero-order chi connectivity index (χ0) is 11.9. The van der Waals surface area contributed by atoms with E-state index < -0.39 is 0 Å². The molecule has 0 bridgehead atoms. The number of thiazole rings is 1.